The lowest BCUT2D eigenvalue weighted by Crippen LogP contribution is -2.01. The molecule has 3 heteroatoms. The van der Waals surface area contributed by atoms with Gasteiger partial charge in [0.25, 0.3) is 0 Å². The van der Waals surface area contributed by atoms with Gasteiger partial charge >= 0.3 is 5.97 Å². The van der Waals surface area contributed by atoms with Crippen molar-refractivity contribution in [3.63, 3.8) is 0 Å². The number of epoxide rings is 1. The molecule has 0 amide bonds. The number of esters is 1. The van der Waals surface area contributed by atoms with E-state index in [1.807, 2.05) is 0 Å². The first-order valence-corrected chi connectivity index (χ1v) is 9.45. The first-order valence-electron chi connectivity index (χ1n) is 9.45. The second kappa shape index (κ2) is 14.0. The summed E-state index contributed by atoms with van der Waals surface area (Å²) in [5, 5.41) is 0. The Morgan fingerprint density at radius 3 is 2.38 bits per heavy atom. The zero-order chi connectivity index (χ0) is 17.5. The fourth-order valence-electron chi connectivity index (χ4n) is 2.59. The third-order valence-electron chi connectivity index (χ3n) is 4.17. The third kappa shape index (κ3) is 11.2. The van der Waals surface area contributed by atoms with Gasteiger partial charge in [0.1, 0.15) is 0 Å². The van der Waals surface area contributed by atoms with Crippen LogP contribution in [0.15, 0.2) is 36.5 Å². The maximum Gasteiger partial charge on any atom is 0.305 e. The van der Waals surface area contributed by atoms with Crippen LogP contribution in [0.3, 0.4) is 0 Å². The van der Waals surface area contributed by atoms with Gasteiger partial charge in [-0.2, -0.15) is 0 Å². The minimum absolute atomic E-state index is 0.130. The van der Waals surface area contributed by atoms with Crippen LogP contribution in [0.25, 0.3) is 0 Å². The summed E-state index contributed by atoms with van der Waals surface area (Å²) in [6.07, 6.45) is 24.6. The van der Waals surface area contributed by atoms with Crippen molar-refractivity contribution in [1.29, 1.82) is 0 Å². The van der Waals surface area contributed by atoms with E-state index in [9.17, 15) is 4.79 Å². The second-order valence-corrected chi connectivity index (χ2v) is 6.30. The van der Waals surface area contributed by atoms with E-state index < -0.39 is 0 Å². The monoisotopic (exact) mass is 334 g/mol. The number of unbranched alkanes of at least 4 members (excludes halogenated alkanes) is 3. The summed E-state index contributed by atoms with van der Waals surface area (Å²) in [6, 6.07) is 0. The van der Waals surface area contributed by atoms with E-state index in [4.69, 9.17) is 4.74 Å². The summed E-state index contributed by atoms with van der Waals surface area (Å²) in [5.41, 5.74) is 0. The Morgan fingerprint density at radius 2 is 1.67 bits per heavy atom. The number of carbonyl (C=O) groups excluding carboxylic acids is 1. The molecule has 0 aromatic rings. The Hall–Kier alpha value is -1.35. The molecular formula is C21H34O3. The first kappa shape index (κ1) is 20.7. The molecule has 2 unspecified atom stereocenters. The van der Waals surface area contributed by atoms with Crippen LogP contribution in [0.1, 0.15) is 71.1 Å². The summed E-state index contributed by atoms with van der Waals surface area (Å²) in [4.78, 5) is 11.0. The molecule has 1 heterocycles. The SMILES string of the molecule is CCCCC/C=C/C/C=C/C/C=C/CC1OC1CCCC(=O)OC. The highest BCUT2D eigenvalue weighted by Gasteiger charge is 2.36. The predicted octanol–water partition coefficient (Wildman–Crippen LogP) is 5.52. The van der Waals surface area contributed by atoms with Crippen molar-refractivity contribution in [3.8, 4) is 0 Å². The van der Waals surface area contributed by atoms with E-state index in [0.29, 0.717) is 18.6 Å². The third-order valence-corrected chi connectivity index (χ3v) is 4.17. The van der Waals surface area contributed by atoms with Crippen molar-refractivity contribution in [2.75, 3.05) is 7.11 Å². The molecular weight excluding hydrogens is 300 g/mol. The highest BCUT2D eigenvalue weighted by molar-refractivity contribution is 5.68. The molecule has 0 aliphatic carbocycles. The van der Waals surface area contributed by atoms with Gasteiger partial charge in [-0.15, -0.1) is 0 Å². The van der Waals surface area contributed by atoms with E-state index in [-0.39, 0.29) is 5.97 Å². The van der Waals surface area contributed by atoms with Crippen molar-refractivity contribution in [2.45, 2.75) is 83.3 Å². The second-order valence-electron chi connectivity index (χ2n) is 6.30. The Labute approximate surface area is 147 Å². The minimum atomic E-state index is -0.130. The van der Waals surface area contributed by atoms with Crippen molar-refractivity contribution in [1.82, 2.24) is 0 Å². The number of hydrogen-bond acceptors (Lipinski definition) is 3. The van der Waals surface area contributed by atoms with E-state index in [1.165, 1.54) is 32.8 Å². The number of hydrogen-bond donors (Lipinski definition) is 0. The Balaban J connectivity index is 1.92. The van der Waals surface area contributed by atoms with Crippen molar-refractivity contribution in [3.05, 3.63) is 36.5 Å². The first-order chi connectivity index (χ1) is 11.8. The average molecular weight is 335 g/mol. The lowest BCUT2D eigenvalue weighted by Gasteiger charge is -1.96. The van der Waals surface area contributed by atoms with Crippen molar-refractivity contribution in [2.24, 2.45) is 0 Å². The molecule has 1 saturated heterocycles. The van der Waals surface area contributed by atoms with E-state index in [2.05, 4.69) is 48.1 Å². The number of carbonyl (C=O) groups is 1. The van der Waals surface area contributed by atoms with Gasteiger partial charge in [-0.3, -0.25) is 4.79 Å². The normalized spacial score (nSPS) is 20.4. The molecule has 0 saturated carbocycles. The van der Waals surface area contributed by atoms with Crippen molar-refractivity contribution >= 4 is 5.97 Å². The average Bonchev–Trinajstić information content (AvgIpc) is 3.34. The van der Waals surface area contributed by atoms with Crippen LogP contribution >= 0.6 is 0 Å². The Morgan fingerprint density at radius 1 is 0.958 bits per heavy atom. The highest BCUT2D eigenvalue weighted by atomic mass is 16.6. The van der Waals surface area contributed by atoms with Crippen LogP contribution in [-0.4, -0.2) is 25.3 Å². The van der Waals surface area contributed by atoms with E-state index in [0.717, 1.165) is 32.1 Å². The maximum absolute atomic E-state index is 11.0. The fourth-order valence-corrected chi connectivity index (χ4v) is 2.59. The topological polar surface area (TPSA) is 38.8 Å². The molecule has 0 aromatic heterocycles. The molecule has 0 N–H and O–H groups in total. The molecule has 2 atom stereocenters. The summed E-state index contributed by atoms with van der Waals surface area (Å²) < 4.78 is 10.2. The van der Waals surface area contributed by atoms with Crippen LogP contribution in [0, 0.1) is 0 Å². The van der Waals surface area contributed by atoms with Crippen molar-refractivity contribution < 1.29 is 14.3 Å². The van der Waals surface area contributed by atoms with Crippen LogP contribution in [-0.2, 0) is 14.3 Å². The standard InChI is InChI=1S/C21H34O3/c1-3-4-5-6-7-8-9-10-11-12-13-14-16-19-20(24-19)17-15-18-21(22)23-2/h7-8,10-11,13-14,19-20H,3-6,9,12,15-18H2,1-2H3/b8-7+,11-10+,14-13+. The number of methoxy groups -OCH3 is 1. The molecule has 24 heavy (non-hydrogen) atoms. The lowest BCUT2D eigenvalue weighted by atomic mass is 10.1. The molecule has 136 valence electrons. The molecule has 0 bridgehead atoms. The summed E-state index contributed by atoms with van der Waals surface area (Å²) in [7, 11) is 1.43. The number of rotatable bonds is 14. The van der Waals surface area contributed by atoms with Crippen LogP contribution in [0.5, 0.6) is 0 Å². The predicted molar refractivity (Wildman–Crippen MR) is 99.9 cm³/mol. The minimum Gasteiger partial charge on any atom is -0.469 e. The molecule has 1 rings (SSSR count). The zero-order valence-corrected chi connectivity index (χ0v) is 15.4. The van der Waals surface area contributed by atoms with E-state index in [1.54, 1.807) is 0 Å². The van der Waals surface area contributed by atoms with Gasteiger partial charge in [0.2, 0.25) is 0 Å². The number of allylic oxidation sites excluding steroid dienone is 5. The molecule has 0 radical (unpaired) electrons. The van der Waals surface area contributed by atoms with Gasteiger partial charge in [-0.05, 0) is 44.9 Å². The van der Waals surface area contributed by atoms with Gasteiger partial charge in [0, 0.05) is 6.42 Å². The maximum atomic E-state index is 11.0. The lowest BCUT2D eigenvalue weighted by molar-refractivity contribution is -0.140. The molecule has 1 fully saturated rings. The van der Waals surface area contributed by atoms with Gasteiger partial charge in [0.05, 0.1) is 19.3 Å². The smallest absolute Gasteiger partial charge is 0.305 e. The van der Waals surface area contributed by atoms with Crippen LogP contribution in [0.2, 0.25) is 0 Å². The van der Waals surface area contributed by atoms with Crippen LogP contribution < -0.4 is 0 Å². The number of ether oxygens (including phenoxy) is 2. The van der Waals surface area contributed by atoms with Gasteiger partial charge < -0.3 is 9.47 Å². The Kier molecular flexibility index (Phi) is 12.1. The fraction of sp³-hybridized carbons (Fsp3) is 0.667. The summed E-state index contributed by atoms with van der Waals surface area (Å²) in [5.74, 6) is -0.130. The summed E-state index contributed by atoms with van der Waals surface area (Å²) >= 11 is 0. The Bertz CT molecular complexity index is 409. The highest BCUT2D eigenvalue weighted by Crippen LogP contribution is 2.30. The molecule has 1 aliphatic rings. The van der Waals surface area contributed by atoms with Gasteiger partial charge in [-0.1, -0.05) is 56.2 Å². The van der Waals surface area contributed by atoms with Gasteiger partial charge in [-0.25, -0.2) is 0 Å². The zero-order valence-electron chi connectivity index (χ0n) is 15.4. The molecule has 1 aliphatic heterocycles. The summed E-state index contributed by atoms with van der Waals surface area (Å²) in [6.45, 7) is 2.24. The molecule has 0 aromatic carbocycles. The molecule has 0 spiro atoms. The quantitative estimate of drug-likeness (QED) is 0.182. The van der Waals surface area contributed by atoms with Crippen LogP contribution in [0.4, 0.5) is 0 Å². The van der Waals surface area contributed by atoms with E-state index >= 15 is 0 Å². The largest absolute Gasteiger partial charge is 0.469 e. The van der Waals surface area contributed by atoms with Gasteiger partial charge in [0.15, 0.2) is 0 Å². The molecule has 3 nitrogen and oxygen atoms in total.